The molecule has 0 unspecified atom stereocenters. The molecule has 132 valence electrons. The Morgan fingerprint density at radius 2 is 2.00 bits per heavy atom. The third-order valence-electron chi connectivity index (χ3n) is 3.65. The van der Waals surface area contributed by atoms with Crippen LogP contribution >= 0.6 is 11.6 Å². The molecule has 0 saturated heterocycles. The van der Waals surface area contributed by atoms with Gasteiger partial charge in [0.25, 0.3) is 0 Å². The summed E-state index contributed by atoms with van der Waals surface area (Å²) in [7, 11) is 0. The van der Waals surface area contributed by atoms with Crippen molar-refractivity contribution in [2.24, 2.45) is 0 Å². The molecule has 0 aliphatic rings. The van der Waals surface area contributed by atoms with Crippen LogP contribution in [-0.2, 0) is 6.54 Å². The molecule has 0 spiro atoms. The highest BCUT2D eigenvalue weighted by Gasteiger charge is 2.29. The van der Waals surface area contributed by atoms with Gasteiger partial charge in [0.1, 0.15) is 5.15 Å². The molecule has 0 N–H and O–H groups in total. The van der Waals surface area contributed by atoms with E-state index in [4.69, 9.17) is 16.3 Å². The molecule has 0 amide bonds. The molecule has 0 aliphatic carbocycles. The quantitative estimate of drug-likeness (QED) is 0.649. The summed E-state index contributed by atoms with van der Waals surface area (Å²) in [6, 6.07) is 3.49. The van der Waals surface area contributed by atoms with Gasteiger partial charge in [-0.2, -0.15) is 18.3 Å². The maximum absolute atomic E-state index is 12.2. The lowest BCUT2D eigenvalue weighted by molar-refractivity contribution is -0.154. The standard InChI is InChI=1S/C16H14ClF3N4O/c1-9-5-11(6-22-15(9)25-8-16(18,19)20)7-24-10(2)13-12(23-24)3-4-21-14(13)17/h3-6H,7-8H2,1-2H3. The van der Waals surface area contributed by atoms with Crippen molar-refractivity contribution in [2.45, 2.75) is 26.6 Å². The molecule has 25 heavy (non-hydrogen) atoms. The Bertz CT molecular complexity index is 924. The molecule has 5 nitrogen and oxygen atoms in total. The third kappa shape index (κ3) is 3.84. The van der Waals surface area contributed by atoms with Gasteiger partial charge in [0, 0.05) is 23.7 Å². The van der Waals surface area contributed by atoms with E-state index in [1.54, 1.807) is 29.9 Å². The Hall–Kier alpha value is -2.35. The SMILES string of the molecule is Cc1cc(Cn2nc3ccnc(Cl)c3c2C)cnc1OCC(F)(F)F. The summed E-state index contributed by atoms with van der Waals surface area (Å²) in [5.41, 5.74) is 2.89. The predicted octanol–water partition coefficient (Wildman–Crippen LogP) is 4.09. The average Bonchev–Trinajstić information content (AvgIpc) is 2.83. The van der Waals surface area contributed by atoms with Crippen LogP contribution < -0.4 is 4.74 Å². The maximum atomic E-state index is 12.2. The smallest absolute Gasteiger partial charge is 0.422 e. The number of aryl methyl sites for hydroxylation is 2. The lowest BCUT2D eigenvalue weighted by atomic mass is 10.2. The van der Waals surface area contributed by atoms with Crippen molar-refractivity contribution in [1.29, 1.82) is 0 Å². The normalized spacial score (nSPS) is 11.9. The summed E-state index contributed by atoms with van der Waals surface area (Å²) >= 11 is 6.11. The largest absolute Gasteiger partial charge is 0.468 e. The second-order valence-corrected chi connectivity index (χ2v) is 5.97. The molecule has 3 aromatic rings. The summed E-state index contributed by atoms with van der Waals surface area (Å²) in [4.78, 5) is 8.02. The van der Waals surface area contributed by atoms with Gasteiger partial charge < -0.3 is 4.74 Å². The minimum atomic E-state index is -4.40. The maximum Gasteiger partial charge on any atom is 0.422 e. The number of rotatable bonds is 4. The second kappa shape index (κ2) is 6.51. The zero-order valence-corrected chi connectivity index (χ0v) is 14.2. The zero-order chi connectivity index (χ0) is 18.2. The van der Waals surface area contributed by atoms with Crippen molar-refractivity contribution in [1.82, 2.24) is 19.7 Å². The minimum Gasteiger partial charge on any atom is -0.468 e. The number of halogens is 4. The van der Waals surface area contributed by atoms with Gasteiger partial charge in [-0.05, 0) is 31.5 Å². The summed E-state index contributed by atoms with van der Waals surface area (Å²) < 4.78 is 43.2. The molecule has 3 aromatic heterocycles. The number of fused-ring (bicyclic) bond motifs is 1. The first-order valence-corrected chi connectivity index (χ1v) is 7.75. The number of hydrogen-bond donors (Lipinski definition) is 0. The minimum absolute atomic E-state index is 0.0318. The second-order valence-electron chi connectivity index (χ2n) is 5.61. The van der Waals surface area contributed by atoms with E-state index in [1.807, 2.05) is 6.92 Å². The van der Waals surface area contributed by atoms with Crippen LogP contribution in [0.4, 0.5) is 13.2 Å². The predicted molar refractivity (Wildman–Crippen MR) is 86.9 cm³/mol. The summed E-state index contributed by atoms with van der Waals surface area (Å²) in [5.74, 6) is -0.0318. The van der Waals surface area contributed by atoms with E-state index < -0.39 is 12.8 Å². The third-order valence-corrected chi connectivity index (χ3v) is 3.94. The van der Waals surface area contributed by atoms with Gasteiger partial charge >= 0.3 is 6.18 Å². The molecule has 0 aromatic carbocycles. The first-order valence-electron chi connectivity index (χ1n) is 7.37. The van der Waals surface area contributed by atoms with Gasteiger partial charge in [-0.3, -0.25) is 4.68 Å². The summed E-state index contributed by atoms with van der Waals surface area (Å²) in [6.45, 7) is 2.57. The fourth-order valence-corrected chi connectivity index (χ4v) is 2.80. The van der Waals surface area contributed by atoms with E-state index in [2.05, 4.69) is 15.1 Å². The molecule has 3 rings (SSSR count). The van der Waals surface area contributed by atoms with Gasteiger partial charge in [-0.1, -0.05) is 11.6 Å². The number of hydrogen-bond acceptors (Lipinski definition) is 4. The van der Waals surface area contributed by atoms with Crippen molar-refractivity contribution in [3.63, 3.8) is 0 Å². The lowest BCUT2D eigenvalue weighted by Gasteiger charge is -2.11. The van der Waals surface area contributed by atoms with Crippen LogP contribution in [0, 0.1) is 13.8 Å². The fraction of sp³-hybridized carbons (Fsp3) is 0.312. The van der Waals surface area contributed by atoms with Crippen molar-refractivity contribution >= 4 is 22.5 Å². The molecule has 0 bridgehead atoms. The molecule has 9 heteroatoms. The molecule has 0 radical (unpaired) electrons. The highest BCUT2D eigenvalue weighted by molar-refractivity contribution is 6.34. The van der Waals surface area contributed by atoms with E-state index in [0.717, 1.165) is 22.2 Å². The first-order chi connectivity index (χ1) is 11.7. The van der Waals surface area contributed by atoms with Crippen molar-refractivity contribution in [2.75, 3.05) is 6.61 Å². The monoisotopic (exact) mass is 370 g/mol. The van der Waals surface area contributed by atoms with Crippen LogP contribution in [0.5, 0.6) is 5.88 Å². The van der Waals surface area contributed by atoms with Crippen LogP contribution in [0.3, 0.4) is 0 Å². The van der Waals surface area contributed by atoms with Crippen molar-refractivity contribution in [3.05, 3.63) is 46.5 Å². The number of nitrogens with zero attached hydrogens (tertiary/aromatic N) is 4. The van der Waals surface area contributed by atoms with Crippen LogP contribution in [0.2, 0.25) is 5.15 Å². The Labute approximate surface area is 146 Å². The number of pyridine rings is 2. The Morgan fingerprint density at radius 1 is 1.24 bits per heavy atom. The van der Waals surface area contributed by atoms with Crippen molar-refractivity contribution < 1.29 is 17.9 Å². The van der Waals surface area contributed by atoms with E-state index in [9.17, 15) is 13.2 Å². The highest BCUT2D eigenvalue weighted by Crippen LogP contribution is 2.25. The van der Waals surface area contributed by atoms with Gasteiger partial charge in [0.2, 0.25) is 5.88 Å². The van der Waals surface area contributed by atoms with Gasteiger partial charge in [-0.15, -0.1) is 0 Å². The first kappa shape index (κ1) is 17.5. The molecular weight excluding hydrogens is 357 g/mol. The van der Waals surface area contributed by atoms with E-state index in [1.165, 1.54) is 6.20 Å². The molecular formula is C16H14ClF3N4O. The molecule has 3 heterocycles. The average molecular weight is 371 g/mol. The van der Waals surface area contributed by atoms with E-state index >= 15 is 0 Å². The number of alkyl halides is 3. The van der Waals surface area contributed by atoms with Crippen LogP contribution in [0.15, 0.2) is 24.5 Å². The highest BCUT2D eigenvalue weighted by atomic mass is 35.5. The molecule has 0 aliphatic heterocycles. The number of ether oxygens (including phenoxy) is 1. The Morgan fingerprint density at radius 3 is 2.64 bits per heavy atom. The molecule has 0 fully saturated rings. The Kier molecular flexibility index (Phi) is 4.55. The Balaban J connectivity index is 1.83. The number of aromatic nitrogens is 4. The van der Waals surface area contributed by atoms with Crippen LogP contribution in [0.1, 0.15) is 16.8 Å². The van der Waals surface area contributed by atoms with Crippen LogP contribution in [0.25, 0.3) is 10.9 Å². The van der Waals surface area contributed by atoms with Crippen molar-refractivity contribution in [3.8, 4) is 5.88 Å². The van der Waals surface area contributed by atoms with Gasteiger partial charge in [0.05, 0.1) is 17.4 Å². The zero-order valence-electron chi connectivity index (χ0n) is 13.4. The van der Waals surface area contributed by atoms with Gasteiger partial charge in [0.15, 0.2) is 6.61 Å². The fourth-order valence-electron chi connectivity index (χ4n) is 2.51. The summed E-state index contributed by atoms with van der Waals surface area (Å²) in [6.07, 6.45) is -1.34. The van der Waals surface area contributed by atoms with E-state index in [-0.39, 0.29) is 5.88 Å². The topological polar surface area (TPSA) is 52.8 Å². The lowest BCUT2D eigenvalue weighted by Crippen LogP contribution is -2.20. The molecule has 0 saturated carbocycles. The van der Waals surface area contributed by atoms with Crippen LogP contribution in [-0.4, -0.2) is 32.5 Å². The summed E-state index contributed by atoms with van der Waals surface area (Å²) in [5, 5.41) is 5.63. The van der Waals surface area contributed by atoms with E-state index in [0.29, 0.717) is 17.3 Å². The van der Waals surface area contributed by atoms with Gasteiger partial charge in [-0.25, -0.2) is 9.97 Å². The molecule has 0 atom stereocenters.